The van der Waals surface area contributed by atoms with Crippen LogP contribution < -0.4 is 9.47 Å². The summed E-state index contributed by atoms with van der Waals surface area (Å²) in [5.74, 6) is 1.37. The van der Waals surface area contributed by atoms with Crippen LogP contribution >= 0.6 is 11.6 Å². The number of aromatic nitrogens is 1. The maximum atomic E-state index is 12.1. The van der Waals surface area contributed by atoms with Crippen molar-refractivity contribution in [2.75, 3.05) is 14.2 Å². The Labute approximate surface area is 161 Å². The molecule has 3 rings (SSSR count). The van der Waals surface area contributed by atoms with Gasteiger partial charge in [0.25, 0.3) is 0 Å². The van der Waals surface area contributed by atoms with Crippen LogP contribution in [0.3, 0.4) is 0 Å². The smallest absolute Gasteiger partial charge is 0.310 e. The normalized spacial score (nSPS) is 10.5. The zero-order valence-electron chi connectivity index (χ0n) is 14.9. The van der Waals surface area contributed by atoms with E-state index in [1.807, 2.05) is 12.1 Å². The molecule has 0 bridgehead atoms. The number of nitrogens with zero attached hydrogens (tertiary/aromatic N) is 1. The average Bonchev–Trinajstić information content (AvgIpc) is 3.16. The van der Waals surface area contributed by atoms with E-state index in [-0.39, 0.29) is 19.0 Å². The Morgan fingerprint density at radius 2 is 1.78 bits per heavy atom. The van der Waals surface area contributed by atoms with Crippen molar-refractivity contribution in [3.63, 3.8) is 0 Å². The SMILES string of the molecule is COc1ccc(CC(=O)OCc2cc(-c3ccc(Cl)cc3)on2)cc1OC. The standard InChI is InChI=1S/C20H18ClNO5/c1-24-17-8-3-13(9-19(17)25-2)10-20(23)26-12-16-11-18(27-22-16)14-4-6-15(21)7-5-14/h3-9,11H,10,12H2,1-2H3. The van der Waals surface area contributed by atoms with Gasteiger partial charge >= 0.3 is 5.97 Å². The number of carbonyl (C=O) groups is 1. The minimum Gasteiger partial charge on any atom is -0.493 e. The van der Waals surface area contributed by atoms with Crippen molar-refractivity contribution < 1.29 is 23.5 Å². The van der Waals surface area contributed by atoms with Crippen LogP contribution in [0.25, 0.3) is 11.3 Å². The summed E-state index contributed by atoms with van der Waals surface area (Å²) in [7, 11) is 3.10. The topological polar surface area (TPSA) is 70.8 Å². The van der Waals surface area contributed by atoms with E-state index in [1.165, 1.54) is 0 Å². The highest BCUT2D eigenvalue weighted by atomic mass is 35.5. The number of hydrogen-bond donors (Lipinski definition) is 0. The van der Waals surface area contributed by atoms with Gasteiger partial charge in [-0.1, -0.05) is 22.8 Å². The Kier molecular flexibility index (Phi) is 5.98. The molecule has 140 valence electrons. The van der Waals surface area contributed by atoms with E-state index in [2.05, 4.69) is 5.16 Å². The third kappa shape index (κ3) is 4.80. The zero-order valence-corrected chi connectivity index (χ0v) is 15.7. The average molecular weight is 388 g/mol. The molecule has 27 heavy (non-hydrogen) atoms. The molecule has 2 aromatic carbocycles. The van der Waals surface area contributed by atoms with Gasteiger partial charge in [0.2, 0.25) is 0 Å². The molecule has 1 heterocycles. The van der Waals surface area contributed by atoms with Gasteiger partial charge in [-0.2, -0.15) is 0 Å². The lowest BCUT2D eigenvalue weighted by atomic mass is 10.1. The second-order valence-corrected chi connectivity index (χ2v) is 6.15. The maximum absolute atomic E-state index is 12.1. The number of halogens is 1. The van der Waals surface area contributed by atoms with E-state index in [0.29, 0.717) is 28.0 Å². The predicted molar refractivity (Wildman–Crippen MR) is 100.0 cm³/mol. The molecule has 0 fully saturated rings. The lowest BCUT2D eigenvalue weighted by molar-refractivity contribution is -0.144. The van der Waals surface area contributed by atoms with Crippen LogP contribution in [-0.2, 0) is 22.6 Å². The molecule has 0 radical (unpaired) electrons. The van der Waals surface area contributed by atoms with Gasteiger partial charge in [-0.15, -0.1) is 0 Å². The van der Waals surface area contributed by atoms with Gasteiger partial charge in [0, 0.05) is 16.7 Å². The van der Waals surface area contributed by atoms with Crippen molar-refractivity contribution in [2.24, 2.45) is 0 Å². The Morgan fingerprint density at radius 1 is 1.04 bits per heavy atom. The molecule has 0 saturated heterocycles. The van der Waals surface area contributed by atoms with E-state index >= 15 is 0 Å². The van der Waals surface area contributed by atoms with Crippen molar-refractivity contribution in [3.05, 3.63) is 64.8 Å². The summed E-state index contributed by atoms with van der Waals surface area (Å²) in [4.78, 5) is 12.1. The maximum Gasteiger partial charge on any atom is 0.310 e. The first-order valence-corrected chi connectivity index (χ1v) is 8.55. The van der Waals surface area contributed by atoms with E-state index in [9.17, 15) is 4.79 Å². The van der Waals surface area contributed by atoms with Crippen LogP contribution in [-0.4, -0.2) is 25.3 Å². The molecule has 0 saturated carbocycles. The number of benzene rings is 2. The third-order valence-corrected chi connectivity index (χ3v) is 4.12. The Hall–Kier alpha value is -2.99. The first-order chi connectivity index (χ1) is 13.1. The van der Waals surface area contributed by atoms with Gasteiger partial charge in [-0.05, 0) is 42.0 Å². The summed E-state index contributed by atoms with van der Waals surface area (Å²) in [5.41, 5.74) is 2.13. The van der Waals surface area contributed by atoms with E-state index in [0.717, 1.165) is 11.1 Å². The molecule has 0 aliphatic heterocycles. The molecule has 0 aliphatic carbocycles. The summed E-state index contributed by atoms with van der Waals surface area (Å²) in [5, 5.41) is 4.56. The highest BCUT2D eigenvalue weighted by Crippen LogP contribution is 2.28. The molecule has 6 nitrogen and oxygen atoms in total. The molecular weight excluding hydrogens is 370 g/mol. The van der Waals surface area contributed by atoms with Crippen LogP contribution in [0.15, 0.2) is 53.1 Å². The number of esters is 1. The molecule has 0 unspecified atom stereocenters. The number of ether oxygens (including phenoxy) is 3. The second-order valence-electron chi connectivity index (χ2n) is 5.72. The summed E-state index contributed by atoms with van der Waals surface area (Å²) in [6.07, 6.45) is 0.113. The second kappa shape index (κ2) is 8.60. The van der Waals surface area contributed by atoms with Gasteiger partial charge in [-0.25, -0.2) is 0 Å². The van der Waals surface area contributed by atoms with Crippen molar-refractivity contribution in [1.82, 2.24) is 5.16 Å². The number of methoxy groups -OCH3 is 2. The highest BCUT2D eigenvalue weighted by Gasteiger charge is 2.12. The Bertz CT molecular complexity index is 920. The number of rotatable bonds is 7. The van der Waals surface area contributed by atoms with Gasteiger partial charge in [-0.3, -0.25) is 4.79 Å². The Balaban J connectivity index is 1.57. The lowest BCUT2D eigenvalue weighted by Gasteiger charge is -2.09. The first-order valence-electron chi connectivity index (χ1n) is 8.17. The van der Waals surface area contributed by atoms with E-state index in [1.54, 1.807) is 50.6 Å². The van der Waals surface area contributed by atoms with Crippen LogP contribution in [0, 0.1) is 0 Å². The Morgan fingerprint density at radius 3 is 2.48 bits per heavy atom. The quantitative estimate of drug-likeness (QED) is 0.563. The molecule has 0 spiro atoms. The van der Waals surface area contributed by atoms with Crippen LogP contribution in [0.1, 0.15) is 11.3 Å². The summed E-state index contributed by atoms with van der Waals surface area (Å²) in [6, 6.07) is 14.2. The first kappa shape index (κ1) is 18.8. The molecular formula is C20H18ClNO5. The monoisotopic (exact) mass is 387 g/mol. The highest BCUT2D eigenvalue weighted by molar-refractivity contribution is 6.30. The van der Waals surface area contributed by atoms with E-state index in [4.69, 9.17) is 30.3 Å². The predicted octanol–water partition coefficient (Wildman–Crippen LogP) is 4.30. The molecule has 1 aromatic heterocycles. The van der Waals surface area contributed by atoms with Crippen molar-refractivity contribution in [3.8, 4) is 22.8 Å². The van der Waals surface area contributed by atoms with Crippen LogP contribution in [0.2, 0.25) is 5.02 Å². The van der Waals surface area contributed by atoms with Crippen LogP contribution in [0.4, 0.5) is 0 Å². The summed E-state index contributed by atoms with van der Waals surface area (Å²) in [6.45, 7) is 0.0310. The minimum atomic E-state index is -0.377. The van der Waals surface area contributed by atoms with Gasteiger partial charge in [0.05, 0.1) is 20.6 Å². The molecule has 0 aliphatic rings. The molecule has 0 N–H and O–H groups in total. The fourth-order valence-electron chi connectivity index (χ4n) is 2.49. The van der Waals surface area contributed by atoms with Gasteiger partial charge in [0.15, 0.2) is 17.3 Å². The largest absolute Gasteiger partial charge is 0.493 e. The van der Waals surface area contributed by atoms with Gasteiger partial charge in [0.1, 0.15) is 12.3 Å². The van der Waals surface area contributed by atoms with E-state index < -0.39 is 0 Å². The summed E-state index contributed by atoms with van der Waals surface area (Å²) >= 11 is 5.87. The molecule has 0 amide bonds. The third-order valence-electron chi connectivity index (χ3n) is 3.87. The van der Waals surface area contributed by atoms with Gasteiger partial charge < -0.3 is 18.7 Å². The minimum absolute atomic E-state index is 0.0310. The summed E-state index contributed by atoms with van der Waals surface area (Å²) < 4.78 is 21.0. The zero-order chi connectivity index (χ0) is 19.2. The van der Waals surface area contributed by atoms with Crippen molar-refractivity contribution >= 4 is 17.6 Å². The lowest BCUT2D eigenvalue weighted by Crippen LogP contribution is -2.08. The van der Waals surface area contributed by atoms with Crippen molar-refractivity contribution in [1.29, 1.82) is 0 Å². The molecule has 0 atom stereocenters. The molecule has 3 aromatic rings. The molecule has 7 heteroatoms. The fraction of sp³-hybridized carbons (Fsp3) is 0.200. The van der Waals surface area contributed by atoms with Crippen LogP contribution in [0.5, 0.6) is 11.5 Å². The van der Waals surface area contributed by atoms with Crippen molar-refractivity contribution in [2.45, 2.75) is 13.0 Å². The fourth-order valence-corrected chi connectivity index (χ4v) is 2.62. The number of hydrogen-bond acceptors (Lipinski definition) is 6. The number of carbonyl (C=O) groups excluding carboxylic acids is 1.